The third-order valence-electron chi connectivity index (χ3n) is 4.46. The Bertz CT molecular complexity index is 533. The molecule has 5 nitrogen and oxygen atoms in total. The van der Waals surface area contributed by atoms with Crippen LogP contribution in [0.4, 0.5) is 0 Å². The molecule has 1 atom stereocenters. The Morgan fingerprint density at radius 3 is 2.78 bits per heavy atom. The molecule has 0 saturated carbocycles. The number of nitrogens with one attached hydrogen (secondary N) is 1. The largest absolute Gasteiger partial charge is 0.343 e. The van der Waals surface area contributed by atoms with Crippen LogP contribution in [0.1, 0.15) is 61.8 Å². The summed E-state index contributed by atoms with van der Waals surface area (Å²) in [6, 6.07) is 0.472. The summed E-state index contributed by atoms with van der Waals surface area (Å²) in [5.41, 5.74) is 3.11. The zero-order valence-corrected chi connectivity index (χ0v) is 15.4. The average Bonchev–Trinajstić information content (AvgIpc) is 2.84. The lowest BCUT2D eigenvalue weighted by molar-refractivity contribution is 0.0819. The first-order valence-corrected chi connectivity index (χ1v) is 8.97. The van der Waals surface area contributed by atoms with E-state index >= 15 is 0 Å². The molecule has 130 valence electrons. The van der Waals surface area contributed by atoms with Crippen LogP contribution in [0.2, 0.25) is 0 Å². The van der Waals surface area contributed by atoms with Crippen LogP contribution in [0.3, 0.4) is 0 Å². The highest BCUT2D eigenvalue weighted by Crippen LogP contribution is 2.26. The highest BCUT2D eigenvalue weighted by molar-refractivity contribution is 5.93. The number of carbonyl (C=O) groups excluding carboxylic acids is 1. The third kappa shape index (κ3) is 4.34. The van der Waals surface area contributed by atoms with Crippen molar-refractivity contribution in [1.29, 1.82) is 0 Å². The van der Waals surface area contributed by atoms with Gasteiger partial charge in [0.25, 0.3) is 5.91 Å². The molecule has 0 aliphatic heterocycles. The SMILES string of the molecule is CCCCNC1CCc2c(c(C(=O)N(C)C)nn2CC(C)C)C1. The molecule has 1 aromatic heterocycles. The minimum Gasteiger partial charge on any atom is -0.343 e. The molecule has 23 heavy (non-hydrogen) atoms. The van der Waals surface area contributed by atoms with Gasteiger partial charge in [-0.1, -0.05) is 27.2 Å². The van der Waals surface area contributed by atoms with Gasteiger partial charge in [0.2, 0.25) is 0 Å². The molecule has 0 radical (unpaired) electrons. The molecule has 1 aliphatic rings. The molecule has 1 aromatic rings. The van der Waals surface area contributed by atoms with Gasteiger partial charge in [-0.3, -0.25) is 9.48 Å². The molecular formula is C18H32N4O. The fourth-order valence-electron chi connectivity index (χ4n) is 3.23. The van der Waals surface area contributed by atoms with Crippen molar-refractivity contribution >= 4 is 5.91 Å². The molecule has 0 spiro atoms. The van der Waals surface area contributed by atoms with Gasteiger partial charge in [-0.05, 0) is 38.1 Å². The topological polar surface area (TPSA) is 50.2 Å². The van der Waals surface area contributed by atoms with Gasteiger partial charge >= 0.3 is 0 Å². The Morgan fingerprint density at radius 2 is 2.17 bits per heavy atom. The van der Waals surface area contributed by atoms with E-state index in [-0.39, 0.29) is 5.91 Å². The predicted molar refractivity (Wildman–Crippen MR) is 93.8 cm³/mol. The maximum atomic E-state index is 12.5. The molecule has 1 amide bonds. The number of carbonyl (C=O) groups is 1. The molecule has 2 rings (SSSR count). The normalized spacial score (nSPS) is 17.4. The lowest BCUT2D eigenvalue weighted by atomic mass is 9.91. The monoisotopic (exact) mass is 320 g/mol. The number of nitrogens with zero attached hydrogens (tertiary/aromatic N) is 3. The van der Waals surface area contributed by atoms with Crippen LogP contribution in [0, 0.1) is 5.92 Å². The van der Waals surface area contributed by atoms with Gasteiger partial charge in [0.05, 0.1) is 0 Å². The van der Waals surface area contributed by atoms with Crippen molar-refractivity contribution in [3.05, 3.63) is 17.0 Å². The van der Waals surface area contributed by atoms with E-state index < -0.39 is 0 Å². The Balaban J connectivity index is 2.24. The second-order valence-electron chi connectivity index (χ2n) is 7.30. The van der Waals surface area contributed by atoms with Crippen molar-refractivity contribution in [3.63, 3.8) is 0 Å². The summed E-state index contributed by atoms with van der Waals surface area (Å²) in [6.07, 6.45) is 5.49. The van der Waals surface area contributed by atoms with E-state index in [1.807, 2.05) is 0 Å². The van der Waals surface area contributed by atoms with Gasteiger partial charge in [-0.15, -0.1) is 0 Å². The van der Waals surface area contributed by atoms with Gasteiger partial charge in [0, 0.05) is 37.9 Å². The zero-order valence-electron chi connectivity index (χ0n) is 15.4. The molecule has 1 heterocycles. The van der Waals surface area contributed by atoms with E-state index in [9.17, 15) is 4.79 Å². The lowest BCUT2D eigenvalue weighted by Crippen LogP contribution is -2.36. The first-order chi connectivity index (χ1) is 10.9. The van der Waals surface area contributed by atoms with Crippen LogP contribution in [0.15, 0.2) is 0 Å². The number of amides is 1. The quantitative estimate of drug-likeness (QED) is 0.785. The highest BCUT2D eigenvalue weighted by Gasteiger charge is 2.29. The van der Waals surface area contributed by atoms with Gasteiger partial charge in [0.15, 0.2) is 5.69 Å². The summed E-state index contributed by atoms with van der Waals surface area (Å²) in [7, 11) is 3.60. The summed E-state index contributed by atoms with van der Waals surface area (Å²) in [4.78, 5) is 14.1. The van der Waals surface area contributed by atoms with Crippen molar-refractivity contribution in [2.24, 2.45) is 5.92 Å². The number of unbranched alkanes of at least 4 members (excludes halogenated alkanes) is 1. The molecule has 5 heteroatoms. The molecular weight excluding hydrogens is 288 g/mol. The third-order valence-corrected chi connectivity index (χ3v) is 4.46. The number of aromatic nitrogens is 2. The number of hydrogen-bond acceptors (Lipinski definition) is 3. The van der Waals surface area contributed by atoms with E-state index in [1.54, 1.807) is 19.0 Å². The summed E-state index contributed by atoms with van der Waals surface area (Å²) in [5, 5.41) is 8.33. The summed E-state index contributed by atoms with van der Waals surface area (Å²) >= 11 is 0. The first-order valence-electron chi connectivity index (χ1n) is 8.97. The molecule has 0 bridgehead atoms. The number of fused-ring (bicyclic) bond motifs is 1. The van der Waals surface area contributed by atoms with Crippen molar-refractivity contribution in [1.82, 2.24) is 20.0 Å². The number of hydrogen-bond donors (Lipinski definition) is 1. The minimum absolute atomic E-state index is 0.0259. The van der Waals surface area contributed by atoms with Crippen LogP contribution in [-0.2, 0) is 19.4 Å². The standard InChI is InChI=1S/C18H32N4O/c1-6-7-10-19-14-8-9-16-15(11-14)17(18(23)21(4)5)20-22(16)12-13(2)3/h13-14,19H,6-12H2,1-5H3. The summed E-state index contributed by atoms with van der Waals surface area (Å²) < 4.78 is 2.08. The van der Waals surface area contributed by atoms with Gasteiger partial charge in [-0.25, -0.2) is 0 Å². The van der Waals surface area contributed by atoms with Crippen LogP contribution >= 0.6 is 0 Å². The smallest absolute Gasteiger partial charge is 0.274 e. The van der Waals surface area contributed by atoms with E-state index in [0.29, 0.717) is 17.7 Å². The van der Waals surface area contributed by atoms with E-state index in [1.165, 1.54) is 24.1 Å². The lowest BCUT2D eigenvalue weighted by Gasteiger charge is -2.25. The van der Waals surface area contributed by atoms with Crippen molar-refractivity contribution in [2.75, 3.05) is 20.6 Å². The minimum atomic E-state index is 0.0259. The molecule has 0 aromatic carbocycles. The van der Waals surface area contributed by atoms with E-state index in [0.717, 1.165) is 32.4 Å². The van der Waals surface area contributed by atoms with Crippen LogP contribution in [-0.4, -0.2) is 47.3 Å². The van der Waals surface area contributed by atoms with E-state index in [4.69, 9.17) is 0 Å². The summed E-state index contributed by atoms with van der Waals surface area (Å²) in [6.45, 7) is 8.55. The second kappa shape index (κ2) is 7.95. The van der Waals surface area contributed by atoms with E-state index in [2.05, 4.69) is 35.9 Å². The van der Waals surface area contributed by atoms with Crippen molar-refractivity contribution in [3.8, 4) is 0 Å². The van der Waals surface area contributed by atoms with Crippen LogP contribution < -0.4 is 5.32 Å². The highest BCUT2D eigenvalue weighted by atomic mass is 16.2. The molecule has 1 unspecified atom stereocenters. The predicted octanol–water partition coefficient (Wildman–Crippen LogP) is 2.49. The van der Waals surface area contributed by atoms with Crippen LogP contribution in [0.5, 0.6) is 0 Å². The van der Waals surface area contributed by atoms with Crippen molar-refractivity contribution < 1.29 is 4.79 Å². The Morgan fingerprint density at radius 1 is 1.43 bits per heavy atom. The van der Waals surface area contributed by atoms with Crippen LogP contribution in [0.25, 0.3) is 0 Å². The Labute approximate surface area is 140 Å². The van der Waals surface area contributed by atoms with Gasteiger partial charge in [0.1, 0.15) is 0 Å². The van der Waals surface area contributed by atoms with Crippen molar-refractivity contribution in [2.45, 2.75) is 65.5 Å². The Kier molecular flexibility index (Phi) is 6.22. The molecule has 1 N–H and O–H groups in total. The fraction of sp³-hybridized carbons (Fsp3) is 0.778. The molecule has 0 fully saturated rings. The number of rotatable bonds is 7. The molecule has 0 saturated heterocycles. The maximum Gasteiger partial charge on any atom is 0.274 e. The van der Waals surface area contributed by atoms with Gasteiger partial charge in [-0.2, -0.15) is 5.10 Å². The maximum absolute atomic E-state index is 12.5. The fourth-order valence-corrected chi connectivity index (χ4v) is 3.23. The average molecular weight is 320 g/mol. The molecule has 1 aliphatic carbocycles. The zero-order chi connectivity index (χ0) is 17.0. The van der Waals surface area contributed by atoms with Gasteiger partial charge < -0.3 is 10.2 Å². The first kappa shape index (κ1) is 18.0. The second-order valence-corrected chi connectivity index (χ2v) is 7.30. The Hall–Kier alpha value is -1.36. The summed E-state index contributed by atoms with van der Waals surface area (Å²) in [5.74, 6) is 0.555.